The van der Waals surface area contributed by atoms with E-state index in [4.69, 9.17) is 0 Å². The van der Waals surface area contributed by atoms with Crippen LogP contribution in [0.4, 0.5) is 0 Å². The van der Waals surface area contributed by atoms with Gasteiger partial charge >= 0.3 is 5.97 Å². The Hall–Kier alpha value is -1.40. The summed E-state index contributed by atoms with van der Waals surface area (Å²) in [5, 5.41) is 0. The van der Waals surface area contributed by atoms with Crippen molar-refractivity contribution in [1.29, 1.82) is 0 Å². The monoisotopic (exact) mass is 285 g/mol. The van der Waals surface area contributed by atoms with Crippen LogP contribution in [0.1, 0.15) is 35.7 Å². The Balaban J connectivity index is 3.04. The molecular formula is C13H19NO4S. The standard InChI is InChI=1S/C13H19NO4S/c1-4-5-8-14-19(16,17)11-7-6-10(2)12(9-11)13(15)18-3/h6-7,9,14H,4-5,8H2,1-3H3. The van der Waals surface area contributed by atoms with Crippen molar-refractivity contribution in [2.75, 3.05) is 13.7 Å². The Morgan fingerprint density at radius 2 is 2.05 bits per heavy atom. The van der Waals surface area contributed by atoms with E-state index in [0.29, 0.717) is 12.1 Å². The maximum absolute atomic E-state index is 12.0. The number of carbonyl (C=O) groups excluding carboxylic acids is 1. The van der Waals surface area contributed by atoms with Crippen molar-refractivity contribution < 1.29 is 17.9 Å². The zero-order chi connectivity index (χ0) is 14.5. The molecule has 106 valence electrons. The molecule has 0 fully saturated rings. The molecule has 0 spiro atoms. The lowest BCUT2D eigenvalue weighted by molar-refractivity contribution is 0.0599. The molecule has 0 aliphatic heterocycles. The third-order valence-corrected chi connectivity index (χ3v) is 4.21. The highest BCUT2D eigenvalue weighted by Gasteiger charge is 2.17. The number of carbonyl (C=O) groups is 1. The smallest absolute Gasteiger partial charge is 0.338 e. The summed E-state index contributed by atoms with van der Waals surface area (Å²) in [5.74, 6) is -0.539. The van der Waals surface area contributed by atoms with Crippen LogP contribution >= 0.6 is 0 Å². The number of rotatable bonds is 6. The summed E-state index contributed by atoms with van der Waals surface area (Å²) in [6.07, 6.45) is 1.68. The van der Waals surface area contributed by atoms with Gasteiger partial charge in [-0.1, -0.05) is 19.4 Å². The fourth-order valence-electron chi connectivity index (χ4n) is 1.56. The SMILES string of the molecule is CCCCNS(=O)(=O)c1ccc(C)c(C(=O)OC)c1. The normalized spacial score (nSPS) is 11.3. The highest BCUT2D eigenvalue weighted by molar-refractivity contribution is 7.89. The summed E-state index contributed by atoms with van der Waals surface area (Å²) in [7, 11) is -2.30. The fourth-order valence-corrected chi connectivity index (χ4v) is 2.66. The number of sulfonamides is 1. The summed E-state index contributed by atoms with van der Waals surface area (Å²) < 4.78 is 31.2. The summed E-state index contributed by atoms with van der Waals surface area (Å²) in [4.78, 5) is 11.6. The van der Waals surface area contributed by atoms with Gasteiger partial charge < -0.3 is 4.74 Å². The number of nitrogens with one attached hydrogen (secondary N) is 1. The third kappa shape index (κ3) is 4.04. The quantitative estimate of drug-likeness (QED) is 0.639. The van der Waals surface area contributed by atoms with E-state index in [1.54, 1.807) is 13.0 Å². The Morgan fingerprint density at radius 3 is 2.63 bits per heavy atom. The van der Waals surface area contributed by atoms with Gasteiger partial charge in [-0.2, -0.15) is 0 Å². The second-order valence-corrected chi connectivity index (χ2v) is 5.99. The number of hydrogen-bond donors (Lipinski definition) is 1. The maximum Gasteiger partial charge on any atom is 0.338 e. The lowest BCUT2D eigenvalue weighted by atomic mass is 10.1. The Bertz CT molecular complexity index is 552. The van der Waals surface area contributed by atoms with Crippen LogP contribution in [0, 0.1) is 6.92 Å². The van der Waals surface area contributed by atoms with Gasteiger partial charge in [-0.05, 0) is 31.0 Å². The van der Waals surface area contributed by atoms with Crippen molar-refractivity contribution in [2.45, 2.75) is 31.6 Å². The molecule has 0 aromatic heterocycles. The molecule has 0 aliphatic rings. The van der Waals surface area contributed by atoms with E-state index < -0.39 is 16.0 Å². The molecule has 0 bridgehead atoms. The predicted molar refractivity (Wildman–Crippen MR) is 72.6 cm³/mol. The minimum atomic E-state index is -3.57. The van der Waals surface area contributed by atoms with Crippen LogP contribution in [0.15, 0.2) is 23.1 Å². The number of hydrogen-bond acceptors (Lipinski definition) is 4. The van der Waals surface area contributed by atoms with Crippen LogP contribution in [-0.2, 0) is 14.8 Å². The van der Waals surface area contributed by atoms with Crippen molar-refractivity contribution in [3.63, 3.8) is 0 Å². The fraction of sp³-hybridized carbons (Fsp3) is 0.462. The molecule has 0 saturated carbocycles. The summed E-state index contributed by atoms with van der Waals surface area (Å²) in [6, 6.07) is 4.42. The van der Waals surface area contributed by atoms with Gasteiger partial charge in [0.05, 0.1) is 17.6 Å². The molecule has 0 unspecified atom stereocenters. The highest BCUT2D eigenvalue weighted by atomic mass is 32.2. The molecule has 1 aromatic carbocycles. The molecular weight excluding hydrogens is 266 g/mol. The van der Waals surface area contributed by atoms with Crippen molar-refractivity contribution in [1.82, 2.24) is 4.72 Å². The number of ether oxygens (including phenoxy) is 1. The average molecular weight is 285 g/mol. The van der Waals surface area contributed by atoms with E-state index in [-0.39, 0.29) is 10.5 Å². The molecule has 6 heteroatoms. The summed E-state index contributed by atoms with van der Waals surface area (Å²) in [6.45, 7) is 4.10. The molecule has 1 N–H and O–H groups in total. The van der Waals surface area contributed by atoms with Crippen LogP contribution < -0.4 is 4.72 Å². The van der Waals surface area contributed by atoms with Crippen LogP contribution in [0.5, 0.6) is 0 Å². The molecule has 19 heavy (non-hydrogen) atoms. The van der Waals surface area contributed by atoms with Crippen LogP contribution in [0.3, 0.4) is 0 Å². The number of benzene rings is 1. The lowest BCUT2D eigenvalue weighted by Gasteiger charge is -2.09. The number of aryl methyl sites for hydroxylation is 1. The van der Waals surface area contributed by atoms with E-state index in [0.717, 1.165) is 12.8 Å². The van der Waals surface area contributed by atoms with Crippen LogP contribution in [0.2, 0.25) is 0 Å². The summed E-state index contributed by atoms with van der Waals surface area (Å²) >= 11 is 0. The second kappa shape index (κ2) is 6.68. The summed E-state index contributed by atoms with van der Waals surface area (Å²) in [5.41, 5.74) is 0.945. The first-order valence-electron chi connectivity index (χ1n) is 6.11. The lowest BCUT2D eigenvalue weighted by Crippen LogP contribution is -2.25. The van der Waals surface area contributed by atoms with Gasteiger partial charge in [-0.15, -0.1) is 0 Å². The molecule has 0 amide bonds. The highest BCUT2D eigenvalue weighted by Crippen LogP contribution is 2.16. The molecule has 5 nitrogen and oxygen atoms in total. The van der Waals surface area contributed by atoms with Gasteiger partial charge in [0.1, 0.15) is 0 Å². The second-order valence-electron chi connectivity index (χ2n) is 4.22. The zero-order valence-electron chi connectivity index (χ0n) is 11.4. The van der Waals surface area contributed by atoms with Gasteiger partial charge in [0.2, 0.25) is 10.0 Å². The molecule has 1 rings (SSSR count). The predicted octanol–water partition coefficient (Wildman–Crippen LogP) is 1.86. The van der Waals surface area contributed by atoms with Gasteiger partial charge in [-0.25, -0.2) is 17.9 Å². The molecule has 0 heterocycles. The van der Waals surface area contributed by atoms with Gasteiger partial charge in [0.15, 0.2) is 0 Å². The topological polar surface area (TPSA) is 72.5 Å². The maximum atomic E-state index is 12.0. The number of methoxy groups -OCH3 is 1. The number of unbranched alkanes of at least 4 members (excludes halogenated alkanes) is 1. The average Bonchev–Trinajstić information content (AvgIpc) is 2.38. The van der Waals surface area contributed by atoms with Gasteiger partial charge in [-0.3, -0.25) is 0 Å². The molecule has 0 atom stereocenters. The van der Waals surface area contributed by atoms with Crippen LogP contribution in [-0.4, -0.2) is 28.0 Å². The minimum Gasteiger partial charge on any atom is -0.465 e. The zero-order valence-corrected chi connectivity index (χ0v) is 12.2. The van der Waals surface area contributed by atoms with Gasteiger partial charge in [0.25, 0.3) is 0 Å². The molecule has 0 saturated heterocycles. The first-order chi connectivity index (χ1) is 8.92. The molecule has 0 aliphatic carbocycles. The first kappa shape index (κ1) is 15.7. The Morgan fingerprint density at radius 1 is 1.37 bits per heavy atom. The van der Waals surface area contributed by atoms with E-state index in [9.17, 15) is 13.2 Å². The molecule has 0 radical (unpaired) electrons. The largest absolute Gasteiger partial charge is 0.465 e. The van der Waals surface area contributed by atoms with Crippen molar-refractivity contribution >= 4 is 16.0 Å². The Labute approximate surface area is 114 Å². The van der Waals surface area contributed by atoms with Gasteiger partial charge in [0, 0.05) is 6.54 Å². The van der Waals surface area contributed by atoms with Crippen molar-refractivity contribution in [3.05, 3.63) is 29.3 Å². The van der Waals surface area contributed by atoms with E-state index in [1.165, 1.54) is 19.2 Å². The minimum absolute atomic E-state index is 0.0783. The number of esters is 1. The third-order valence-electron chi connectivity index (χ3n) is 2.75. The van der Waals surface area contributed by atoms with E-state index >= 15 is 0 Å². The van der Waals surface area contributed by atoms with E-state index in [1.807, 2.05) is 6.92 Å². The van der Waals surface area contributed by atoms with E-state index in [2.05, 4.69) is 9.46 Å². The Kier molecular flexibility index (Phi) is 5.50. The van der Waals surface area contributed by atoms with Crippen molar-refractivity contribution in [3.8, 4) is 0 Å². The molecule has 1 aromatic rings. The first-order valence-corrected chi connectivity index (χ1v) is 7.59. The van der Waals surface area contributed by atoms with Crippen LogP contribution in [0.25, 0.3) is 0 Å². The van der Waals surface area contributed by atoms with Crippen molar-refractivity contribution in [2.24, 2.45) is 0 Å².